The Kier molecular flexibility index (Phi) is 6.17. The Morgan fingerprint density at radius 1 is 1.26 bits per heavy atom. The molecule has 128 valence electrons. The summed E-state index contributed by atoms with van der Waals surface area (Å²) < 4.78 is 17.4. The first-order valence-electron chi connectivity index (χ1n) is 6.96. The third-order valence-electron chi connectivity index (χ3n) is 3.25. The van der Waals surface area contributed by atoms with Gasteiger partial charge in [0.25, 0.3) is 0 Å². The van der Waals surface area contributed by atoms with Crippen LogP contribution in [0.5, 0.6) is 0 Å². The second-order valence-electron chi connectivity index (χ2n) is 4.95. The fraction of sp³-hybridized carbons (Fsp3) is 0.583. The van der Waals surface area contributed by atoms with Crippen LogP contribution in [0.15, 0.2) is 12.7 Å². The number of aliphatic hydroxyl groups is 2. The zero-order valence-corrected chi connectivity index (χ0v) is 13.2. The van der Waals surface area contributed by atoms with Gasteiger partial charge in [0.05, 0.1) is 24.7 Å². The average molecular weight is 346 g/mol. The van der Waals surface area contributed by atoms with Gasteiger partial charge in [-0.2, -0.15) is 0 Å². The van der Waals surface area contributed by atoms with Crippen LogP contribution in [0.1, 0.15) is 18.2 Å². The maximum absolute atomic E-state index is 10.7. The zero-order valence-electron chi connectivity index (χ0n) is 12.3. The highest BCUT2D eigenvalue weighted by atomic mass is 31.2. The lowest BCUT2D eigenvalue weighted by Gasteiger charge is -2.18. The smallest absolute Gasteiger partial charge is 0.350 e. The lowest BCUT2D eigenvalue weighted by molar-refractivity contribution is 0.127. The van der Waals surface area contributed by atoms with Crippen molar-refractivity contribution in [3.8, 4) is 0 Å². The summed E-state index contributed by atoms with van der Waals surface area (Å²) in [4.78, 5) is 29.8. The molecule has 0 aliphatic heterocycles. The van der Waals surface area contributed by atoms with Gasteiger partial charge in [-0.15, -0.1) is 0 Å². The molecular formula is C12H19N4O6P. The SMILES string of the molecule is O=P(O)(O)COCCC(CO)n1cnc2ncnc(CCO)c21. The summed E-state index contributed by atoms with van der Waals surface area (Å²) in [5.74, 6) is 0. The molecule has 2 aromatic heterocycles. The van der Waals surface area contributed by atoms with Crippen molar-refractivity contribution in [3.63, 3.8) is 0 Å². The first-order chi connectivity index (χ1) is 11.0. The van der Waals surface area contributed by atoms with Gasteiger partial charge in [0, 0.05) is 19.6 Å². The summed E-state index contributed by atoms with van der Waals surface area (Å²) in [6, 6.07) is -0.403. The number of ether oxygens (including phenoxy) is 1. The molecule has 23 heavy (non-hydrogen) atoms. The van der Waals surface area contributed by atoms with Crippen molar-refractivity contribution in [1.29, 1.82) is 0 Å². The molecule has 1 unspecified atom stereocenters. The maximum atomic E-state index is 10.7. The van der Waals surface area contributed by atoms with Crippen LogP contribution in [0, 0.1) is 0 Å². The van der Waals surface area contributed by atoms with E-state index in [0.29, 0.717) is 29.7 Å². The van der Waals surface area contributed by atoms with Gasteiger partial charge < -0.3 is 29.3 Å². The molecule has 0 aliphatic carbocycles. The first kappa shape index (κ1) is 17.9. The topological polar surface area (TPSA) is 151 Å². The minimum absolute atomic E-state index is 0.0685. The molecule has 0 fully saturated rings. The second-order valence-corrected chi connectivity index (χ2v) is 6.53. The Balaban J connectivity index is 2.14. The molecule has 11 heteroatoms. The van der Waals surface area contributed by atoms with Gasteiger partial charge in [-0.3, -0.25) is 4.57 Å². The van der Waals surface area contributed by atoms with Crippen LogP contribution in [0.3, 0.4) is 0 Å². The summed E-state index contributed by atoms with van der Waals surface area (Å²) in [5, 5.41) is 18.7. The highest BCUT2D eigenvalue weighted by molar-refractivity contribution is 7.51. The number of aliphatic hydroxyl groups excluding tert-OH is 2. The van der Waals surface area contributed by atoms with E-state index in [1.807, 2.05) is 0 Å². The predicted octanol–water partition coefficient (Wildman–Crippen LogP) is -0.564. The van der Waals surface area contributed by atoms with Gasteiger partial charge in [-0.1, -0.05) is 0 Å². The van der Waals surface area contributed by atoms with Crippen LogP contribution in [0.4, 0.5) is 0 Å². The Morgan fingerprint density at radius 2 is 2.04 bits per heavy atom. The van der Waals surface area contributed by atoms with E-state index in [0.717, 1.165) is 0 Å². The minimum Gasteiger partial charge on any atom is -0.396 e. The van der Waals surface area contributed by atoms with E-state index in [1.165, 1.54) is 12.7 Å². The molecule has 0 spiro atoms. The minimum atomic E-state index is -4.20. The summed E-state index contributed by atoms with van der Waals surface area (Å²) in [5.41, 5.74) is 1.69. The van der Waals surface area contributed by atoms with E-state index in [4.69, 9.17) is 19.6 Å². The Bertz CT molecular complexity index is 687. The van der Waals surface area contributed by atoms with E-state index in [1.54, 1.807) is 4.57 Å². The van der Waals surface area contributed by atoms with E-state index in [2.05, 4.69) is 15.0 Å². The van der Waals surface area contributed by atoms with Crippen molar-refractivity contribution in [2.24, 2.45) is 0 Å². The number of hydrogen-bond donors (Lipinski definition) is 4. The largest absolute Gasteiger partial charge is 0.396 e. The lowest BCUT2D eigenvalue weighted by atomic mass is 10.2. The van der Waals surface area contributed by atoms with Crippen LogP contribution in [0.2, 0.25) is 0 Å². The van der Waals surface area contributed by atoms with Gasteiger partial charge in [-0.25, -0.2) is 15.0 Å². The maximum Gasteiger partial charge on any atom is 0.350 e. The van der Waals surface area contributed by atoms with Crippen LogP contribution < -0.4 is 0 Å². The fourth-order valence-corrected chi connectivity index (χ4v) is 2.59. The normalized spacial score (nSPS) is 13.6. The van der Waals surface area contributed by atoms with Crippen LogP contribution in [-0.2, 0) is 15.7 Å². The van der Waals surface area contributed by atoms with Gasteiger partial charge in [0.15, 0.2) is 5.65 Å². The van der Waals surface area contributed by atoms with Gasteiger partial charge in [-0.05, 0) is 6.42 Å². The lowest BCUT2D eigenvalue weighted by Crippen LogP contribution is -2.16. The zero-order chi connectivity index (χ0) is 16.9. The average Bonchev–Trinajstić information content (AvgIpc) is 2.92. The van der Waals surface area contributed by atoms with Gasteiger partial charge in [0.1, 0.15) is 18.2 Å². The monoisotopic (exact) mass is 346 g/mol. The molecule has 0 aromatic carbocycles. The highest BCUT2D eigenvalue weighted by Crippen LogP contribution is 2.34. The molecule has 2 heterocycles. The summed E-state index contributed by atoms with van der Waals surface area (Å²) in [6.45, 7) is -0.219. The molecule has 1 atom stereocenters. The Labute approximate surface area is 131 Å². The van der Waals surface area contributed by atoms with Gasteiger partial charge in [0.2, 0.25) is 0 Å². The molecule has 0 saturated heterocycles. The fourth-order valence-electron chi connectivity index (χ4n) is 2.23. The van der Waals surface area contributed by atoms with Crippen molar-refractivity contribution in [3.05, 3.63) is 18.3 Å². The van der Waals surface area contributed by atoms with Gasteiger partial charge >= 0.3 is 7.60 Å². The Hall–Kier alpha value is -1.42. The van der Waals surface area contributed by atoms with E-state index in [-0.39, 0.29) is 19.8 Å². The van der Waals surface area contributed by atoms with Crippen molar-refractivity contribution in [1.82, 2.24) is 19.5 Å². The number of imidazole rings is 1. The molecular weight excluding hydrogens is 327 g/mol. The Morgan fingerprint density at radius 3 is 2.70 bits per heavy atom. The second kappa shape index (κ2) is 7.91. The van der Waals surface area contributed by atoms with E-state index >= 15 is 0 Å². The first-order valence-corrected chi connectivity index (χ1v) is 8.76. The number of hydrogen-bond acceptors (Lipinski definition) is 7. The van der Waals surface area contributed by atoms with Crippen molar-refractivity contribution >= 4 is 18.8 Å². The molecule has 2 rings (SSSR count). The molecule has 0 bridgehead atoms. The third-order valence-corrected chi connectivity index (χ3v) is 3.77. The molecule has 0 saturated carbocycles. The molecule has 0 aliphatic rings. The quantitative estimate of drug-likeness (QED) is 0.346. The number of rotatable bonds is 9. The molecule has 0 radical (unpaired) electrons. The number of fused-ring (bicyclic) bond motifs is 1. The van der Waals surface area contributed by atoms with Crippen molar-refractivity contribution < 1.29 is 29.3 Å². The third kappa shape index (κ3) is 4.77. The van der Waals surface area contributed by atoms with Crippen LogP contribution >= 0.6 is 7.60 Å². The molecule has 2 aromatic rings. The molecule has 10 nitrogen and oxygen atoms in total. The predicted molar refractivity (Wildman–Crippen MR) is 79.7 cm³/mol. The number of aromatic nitrogens is 4. The molecule has 0 amide bonds. The van der Waals surface area contributed by atoms with Crippen LogP contribution in [0.25, 0.3) is 11.2 Å². The van der Waals surface area contributed by atoms with Crippen molar-refractivity contribution in [2.45, 2.75) is 18.9 Å². The van der Waals surface area contributed by atoms with Crippen molar-refractivity contribution in [2.75, 3.05) is 26.2 Å². The standard InChI is InChI=1S/C12H19N4O6P/c17-3-1-10-11-12(14-6-13-10)15-7-16(11)9(5-18)2-4-22-8-23(19,20)21/h6-7,9,17-18H,1-5,8H2,(H2,19,20,21). The van der Waals surface area contributed by atoms with E-state index < -0.39 is 20.0 Å². The highest BCUT2D eigenvalue weighted by Gasteiger charge is 2.18. The summed E-state index contributed by atoms with van der Waals surface area (Å²) in [6.07, 6.45) is 2.88. The van der Waals surface area contributed by atoms with E-state index in [9.17, 15) is 9.67 Å². The molecule has 4 N–H and O–H groups in total. The van der Waals surface area contributed by atoms with Crippen LogP contribution in [-0.4, -0.2) is 65.7 Å². The summed E-state index contributed by atoms with van der Waals surface area (Å²) >= 11 is 0. The number of nitrogens with zero attached hydrogens (tertiary/aromatic N) is 4. The summed E-state index contributed by atoms with van der Waals surface area (Å²) in [7, 11) is -4.20.